The van der Waals surface area contributed by atoms with Gasteiger partial charge in [-0.05, 0) is 29.8 Å². The Balaban J connectivity index is 1.29. The van der Waals surface area contributed by atoms with Gasteiger partial charge in [0.25, 0.3) is 0 Å². The molecule has 9 heteroatoms. The second kappa shape index (κ2) is 9.85. The van der Waals surface area contributed by atoms with Gasteiger partial charge < -0.3 is 14.7 Å². The number of para-hydroxylation sites is 1. The fourth-order valence-electron chi connectivity index (χ4n) is 3.53. The van der Waals surface area contributed by atoms with E-state index in [1.807, 2.05) is 65.4 Å². The van der Waals surface area contributed by atoms with Crippen molar-refractivity contribution in [2.75, 3.05) is 49.6 Å². The first-order valence-electron chi connectivity index (χ1n) is 10.0. The van der Waals surface area contributed by atoms with Crippen LogP contribution in [0.1, 0.15) is 11.4 Å². The third-order valence-corrected chi connectivity index (χ3v) is 6.70. The highest BCUT2D eigenvalue weighted by Gasteiger charge is 2.23. The molecule has 0 bridgehead atoms. The minimum atomic E-state index is 0.0933. The van der Waals surface area contributed by atoms with Crippen LogP contribution in [-0.4, -0.2) is 59.9 Å². The lowest BCUT2D eigenvalue weighted by molar-refractivity contribution is -0.129. The van der Waals surface area contributed by atoms with E-state index < -0.39 is 0 Å². The number of amides is 1. The van der Waals surface area contributed by atoms with Crippen LogP contribution in [-0.2, 0) is 11.2 Å². The molecule has 3 aromatic rings. The van der Waals surface area contributed by atoms with E-state index in [4.69, 9.17) is 23.2 Å². The first-order valence-corrected chi connectivity index (χ1v) is 11.6. The zero-order valence-corrected chi connectivity index (χ0v) is 19.5. The lowest BCUT2D eigenvalue weighted by Gasteiger charge is -2.37. The summed E-state index contributed by atoms with van der Waals surface area (Å²) >= 11 is 13.6. The van der Waals surface area contributed by atoms with E-state index >= 15 is 0 Å². The molecular weight excluding hydrogens is 453 g/mol. The number of rotatable bonds is 6. The van der Waals surface area contributed by atoms with Crippen LogP contribution in [0.2, 0.25) is 10.0 Å². The molecule has 1 amide bonds. The molecule has 1 fully saturated rings. The van der Waals surface area contributed by atoms with E-state index in [-0.39, 0.29) is 12.5 Å². The van der Waals surface area contributed by atoms with E-state index in [1.54, 1.807) is 0 Å². The monoisotopic (exact) mass is 475 g/mol. The summed E-state index contributed by atoms with van der Waals surface area (Å²) in [5.74, 6) is 0.839. The summed E-state index contributed by atoms with van der Waals surface area (Å²) in [7, 11) is 1.88. The molecule has 0 radical (unpaired) electrons. The average Bonchev–Trinajstić information content (AvgIpc) is 3.24. The van der Waals surface area contributed by atoms with Gasteiger partial charge in [0.2, 0.25) is 11.0 Å². The van der Waals surface area contributed by atoms with E-state index in [1.165, 1.54) is 11.5 Å². The molecule has 4 rings (SSSR count). The van der Waals surface area contributed by atoms with Gasteiger partial charge in [0, 0.05) is 56.2 Å². The number of likely N-dealkylation sites (N-methyl/N-ethyl adjacent to an activating group) is 1. The highest BCUT2D eigenvalue weighted by atomic mass is 35.5. The summed E-state index contributed by atoms with van der Waals surface area (Å²) in [6.07, 6.45) is 0.638. The Kier molecular flexibility index (Phi) is 6.95. The van der Waals surface area contributed by atoms with Crippen LogP contribution in [0.25, 0.3) is 0 Å². The van der Waals surface area contributed by atoms with E-state index in [9.17, 15) is 4.79 Å². The number of anilines is 2. The molecule has 1 saturated heterocycles. The van der Waals surface area contributed by atoms with Gasteiger partial charge >= 0.3 is 0 Å². The molecule has 6 nitrogen and oxygen atoms in total. The number of halogens is 2. The van der Waals surface area contributed by atoms with Crippen LogP contribution in [0.5, 0.6) is 0 Å². The van der Waals surface area contributed by atoms with E-state index in [0.29, 0.717) is 24.5 Å². The maximum atomic E-state index is 12.8. The van der Waals surface area contributed by atoms with Gasteiger partial charge in [0.05, 0.1) is 17.3 Å². The van der Waals surface area contributed by atoms with Crippen molar-refractivity contribution in [3.63, 3.8) is 0 Å². The second-order valence-corrected chi connectivity index (χ2v) is 9.05. The molecule has 31 heavy (non-hydrogen) atoms. The smallest absolute Gasteiger partial charge is 0.242 e. The molecule has 1 aliphatic rings. The number of aromatic nitrogens is 2. The predicted octanol–water partition coefficient (Wildman–Crippen LogP) is 4.22. The van der Waals surface area contributed by atoms with Crippen molar-refractivity contribution in [2.45, 2.75) is 6.42 Å². The number of hydrogen-bond acceptors (Lipinski definition) is 6. The van der Waals surface area contributed by atoms with Crippen molar-refractivity contribution in [3.05, 3.63) is 70.0 Å². The highest BCUT2D eigenvalue weighted by Crippen LogP contribution is 2.26. The van der Waals surface area contributed by atoms with Crippen LogP contribution in [0, 0.1) is 0 Å². The molecule has 0 spiro atoms. The van der Waals surface area contributed by atoms with Crippen LogP contribution >= 0.6 is 34.7 Å². The summed E-state index contributed by atoms with van der Waals surface area (Å²) < 4.78 is 4.44. The van der Waals surface area contributed by atoms with Crippen LogP contribution in [0.15, 0.2) is 48.5 Å². The van der Waals surface area contributed by atoms with Crippen molar-refractivity contribution in [1.82, 2.24) is 14.3 Å². The minimum absolute atomic E-state index is 0.0933. The number of carbonyl (C=O) groups is 1. The number of hydrogen-bond donors (Lipinski definition) is 0. The summed E-state index contributed by atoms with van der Waals surface area (Å²) in [5.41, 5.74) is 2.12. The molecule has 0 atom stereocenters. The predicted molar refractivity (Wildman–Crippen MR) is 128 cm³/mol. The molecule has 0 unspecified atom stereocenters. The Labute approximate surface area is 196 Å². The molecule has 0 saturated carbocycles. The Morgan fingerprint density at radius 1 is 1.06 bits per heavy atom. The number of carbonyl (C=O) groups excluding carboxylic acids is 1. The lowest BCUT2D eigenvalue weighted by atomic mass is 10.1. The lowest BCUT2D eigenvalue weighted by Crippen LogP contribution is -2.51. The quantitative estimate of drug-likeness (QED) is 0.533. The van der Waals surface area contributed by atoms with Crippen molar-refractivity contribution >= 4 is 51.5 Å². The minimum Gasteiger partial charge on any atom is -0.367 e. The summed E-state index contributed by atoms with van der Waals surface area (Å²) in [4.78, 5) is 23.4. The Morgan fingerprint density at radius 3 is 2.48 bits per heavy atom. The van der Waals surface area contributed by atoms with Gasteiger partial charge in [-0.2, -0.15) is 4.37 Å². The van der Waals surface area contributed by atoms with Crippen LogP contribution in [0.4, 0.5) is 10.8 Å². The largest absolute Gasteiger partial charge is 0.367 e. The Bertz CT molecular complexity index is 1030. The molecule has 2 heterocycles. The normalized spacial score (nSPS) is 14.0. The Morgan fingerprint density at radius 2 is 1.77 bits per heavy atom. The first-order chi connectivity index (χ1) is 15.0. The standard InChI is InChI=1S/C22H23Cl2N5OS/c1-27(22-25-20(26-31-22)14-16-6-8-17(23)9-7-16)15-21(30)29-12-10-28(11-13-29)19-5-3-2-4-18(19)24/h2-9H,10-15H2,1H3. The third kappa shape index (κ3) is 5.47. The molecular formula is C22H23Cl2N5OS. The SMILES string of the molecule is CN(CC(=O)N1CCN(c2ccccc2Cl)CC1)c1nc(Cc2ccc(Cl)cc2)ns1. The Hall–Kier alpha value is -2.35. The summed E-state index contributed by atoms with van der Waals surface area (Å²) in [5, 5.41) is 2.20. The van der Waals surface area contributed by atoms with Gasteiger partial charge in [-0.1, -0.05) is 47.5 Å². The summed E-state index contributed by atoms with van der Waals surface area (Å²) in [6.45, 7) is 3.17. The molecule has 2 aromatic carbocycles. The molecule has 162 valence electrons. The number of nitrogens with zero attached hydrogens (tertiary/aromatic N) is 5. The third-order valence-electron chi connectivity index (χ3n) is 5.26. The fourth-order valence-corrected chi connectivity index (χ4v) is 4.56. The maximum absolute atomic E-state index is 12.8. The van der Waals surface area contributed by atoms with Crippen molar-refractivity contribution in [3.8, 4) is 0 Å². The zero-order chi connectivity index (χ0) is 21.8. The van der Waals surface area contributed by atoms with Gasteiger partial charge in [-0.15, -0.1) is 0 Å². The zero-order valence-electron chi connectivity index (χ0n) is 17.2. The van der Waals surface area contributed by atoms with Gasteiger partial charge in [0.1, 0.15) is 5.82 Å². The maximum Gasteiger partial charge on any atom is 0.242 e. The molecule has 0 N–H and O–H groups in total. The highest BCUT2D eigenvalue weighted by molar-refractivity contribution is 7.09. The number of piperazine rings is 1. The van der Waals surface area contributed by atoms with Crippen molar-refractivity contribution in [2.24, 2.45) is 0 Å². The molecule has 0 aliphatic carbocycles. The van der Waals surface area contributed by atoms with E-state index in [2.05, 4.69) is 14.3 Å². The van der Waals surface area contributed by atoms with Crippen molar-refractivity contribution < 1.29 is 4.79 Å². The van der Waals surface area contributed by atoms with Gasteiger partial charge in [-0.25, -0.2) is 4.98 Å². The van der Waals surface area contributed by atoms with E-state index in [0.717, 1.165) is 40.3 Å². The van der Waals surface area contributed by atoms with Crippen LogP contribution in [0.3, 0.4) is 0 Å². The van der Waals surface area contributed by atoms with Crippen molar-refractivity contribution in [1.29, 1.82) is 0 Å². The summed E-state index contributed by atoms with van der Waals surface area (Å²) in [6, 6.07) is 15.5. The van der Waals surface area contributed by atoms with Crippen LogP contribution < -0.4 is 9.80 Å². The topological polar surface area (TPSA) is 52.6 Å². The van der Waals surface area contributed by atoms with Gasteiger partial charge in [0.15, 0.2) is 0 Å². The number of benzene rings is 2. The second-order valence-electron chi connectivity index (χ2n) is 7.47. The molecule has 1 aliphatic heterocycles. The molecule has 1 aromatic heterocycles. The first kappa shape index (κ1) is 21.9. The average molecular weight is 476 g/mol. The van der Waals surface area contributed by atoms with Gasteiger partial charge in [-0.3, -0.25) is 4.79 Å². The fraction of sp³-hybridized carbons (Fsp3) is 0.318.